The van der Waals surface area contributed by atoms with Crippen LogP contribution in [0.25, 0.3) is 0 Å². The Hall–Kier alpha value is -1.87. The lowest BCUT2D eigenvalue weighted by atomic mass is 9.87. The van der Waals surface area contributed by atoms with E-state index >= 15 is 0 Å². The number of aliphatic hydroxyl groups is 1. The molecule has 18 heavy (non-hydrogen) atoms. The summed E-state index contributed by atoms with van der Waals surface area (Å²) in [5, 5.41) is 10.8. The van der Waals surface area contributed by atoms with Crippen LogP contribution < -0.4 is 5.73 Å². The van der Waals surface area contributed by atoms with E-state index in [9.17, 15) is 5.11 Å². The molecule has 2 aromatic rings. The number of aryl methyl sites for hydroxylation is 2. The van der Waals surface area contributed by atoms with Crippen LogP contribution >= 0.6 is 0 Å². The molecule has 0 aliphatic carbocycles. The monoisotopic (exact) mass is 242 g/mol. The number of hydrogen-bond acceptors (Lipinski definition) is 3. The van der Waals surface area contributed by atoms with Gasteiger partial charge in [-0.2, -0.15) is 0 Å². The van der Waals surface area contributed by atoms with Crippen molar-refractivity contribution < 1.29 is 5.11 Å². The maximum absolute atomic E-state index is 10.8. The molecule has 0 bridgehead atoms. The number of aromatic nitrogens is 1. The van der Waals surface area contributed by atoms with Crippen molar-refractivity contribution in [2.24, 2.45) is 0 Å². The van der Waals surface area contributed by atoms with Gasteiger partial charge in [0.2, 0.25) is 0 Å². The largest absolute Gasteiger partial charge is 0.383 e. The zero-order valence-electron chi connectivity index (χ0n) is 10.9. The zero-order chi connectivity index (χ0) is 13.3. The molecule has 0 aliphatic rings. The van der Waals surface area contributed by atoms with Gasteiger partial charge >= 0.3 is 0 Å². The van der Waals surface area contributed by atoms with E-state index < -0.39 is 5.60 Å². The van der Waals surface area contributed by atoms with E-state index in [0.717, 1.165) is 16.7 Å². The molecule has 0 fully saturated rings. The first-order chi connectivity index (χ1) is 8.41. The molecule has 0 saturated heterocycles. The Balaban J connectivity index is 2.57. The van der Waals surface area contributed by atoms with Crippen LogP contribution in [0.15, 0.2) is 36.5 Å². The molecular formula is C15H18N2O. The maximum Gasteiger partial charge on any atom is 0.129 e. The van der Waals surface area contributed by atoms with E-state index in [1.54, 1.807) is 25.3 Å². The normalized spacial score (nSPS) is 14.2. The number of hydrogen-bond donors (Lipinski definition) is 2. The minimum atomic E-state index is -1.13. The maximum atomic E-state index is 10.8. The van der Waals surface area contributed by atoms with Crippen LogP contribution in [0.5, 0.6) is 0 Å². The molecule has 1 aromatic carbocycles. The molecule has 0 saturated carbocycles. The molecule has 3 nitrogen and oxygen atoms in total. The molecule has 0 spiro atoms. The van der Waals surface area contributed by atoms with Crippen LogP contribution in [0.4, 0.5) is 5.82 Å². The fourth-order valence-corrected chi connectivity index (χ4v) is 2.24. The highest BCUT2D eigenvalue weighted by atomic mass is 16.3. The molecule has 1 unspecified atom stereocenters. The summed E-state index contributed by atoms with van der Waals surface area (Å²) in [6, 6.07) is 9.61. The van der Waals surface area contributed by atoms with Crippen molar-refractivity contribution in [2.75, 3.05) is 5.73 Å². The summed E-state index contributed by atoms with van der Waals surface area (Å²) in [7, 11) is 0. The van der Waals surface area contributed by atoms with Gasteiger partial charge in [0, 0.05) is 11.8 Å². The second kappa shape index (κ2) is 4.42. The Morgan fingerprint density at radius 1 is 1.17 bits per heavy atom. The Morgan fingerprint density at radius 3 is 2.33 bits per heavy atom. The number of nitrogen functional groups attached to an aromatic ring is 1. The lowest BCUT2D eigenvalue weighted by Crippen LogP contribution is -2.25. The Kier molecular flexibility index (Phi) is 3.09. The molecule has 3 N–H and O–H groups in total. The second-order valence-electron chi connectivity index (χ2n) is 4.88. The van der Waals surface area contributed by atoms with Crippen molar-refractivity contribution >= 4 is 5.82 Å². The predicted octanol–water partition coefficient (Wildman–Crippen LogP) is 2.54. The summed E-state index contributed by atoms with van der Waals surface area (Å²) in [4.78, 5) is 4.03. The molecule has 0 aliphatic heterocycles. The summed E-state index contributed by atoms with van der Waals surface area (Å²) in [6.45, 7) is 5.77. The molecule has 0 radical (unpaired) electrons. The van der Waals surface area contributed by atoms with Crippen LogP contribution in [0, 0.1) is 13.8 Å². The highest BCUT2D eigenvalue weighted by molar-refractivity contribution is 5.48. The van der Waals surface area contributed by atoms with E-state index in [0.29, 0.717) is 11.4 Å². The molecule has 3 heteroatoms. The highest BCUT2D eigenvalue weighted by Gasteiger charge is 2.28. The van der Waals surface area contributed by atoms with Crippen LogP contribution in [0.3, 0.4) is 0 Å². The minimum absolute atomic E-state index is 0.363. The van der Waals surface area contributed by atoms with Gasteiger partial charge in [0.25, 0.3) is 0 Å². The average Bonchev–Trinajstić information content (AvgIpc) is 2.28. The first-order valence-electron chi connectivity index (χ1n) is 5.93. The summed E-state index contributed by atoms with van der Waals surface area (Å²) in [5.74, 6) is 0.363. The summed E-state index contributed by atoms with van der Waals surface area (Å²) < 4.78 is 0. The first-order valence-corrected chi connectivity index (χ1v) is 5.93. The SMILES string of the molecule is Cc1cc(C)cc(C(C)(O)c2cccnc2N)c1. The van der Waals surface area contributed by atoms with Gasteiger partial charge in [0.05, 0.1) is 0 Å². The van der Waals surface area contributed by atoms with Gasteiger partial charge < -0.3 is 10.8 Å². The van der Waals surface area contributed by atoms with E-state index in [2.05, 4.69) is 11.1 Å². The van der Waals surface area contributed by atoms with Crippen molar-refractivity contribution in [3.05, 3.63) is 58.8 Å². The molecular weight excluding hydrogens is 224 g/mol. The third-order valence-corrected chi connectivity index (χ3v) is 3.15. The smallest absolute Gasteiger partial charge is 0.129 e. The van der Waals surface area contributed by atoms with E-state index in [1.807, 2.05) is 26.0 Å². The van der Waals surface area contributed by atoms with Gasteiger partial charge in [0.1, 0.15) is 11.4 Å². The zero-order valence-corrected chi connectivity index (χ0v) is 10.9. The fraction of sp³-hybridized carbons (Fsp3) is 0.267. The van der Waals surface area contributed by atoms with Crippen molar-refractivity contribution in [3.63, 3.8) is 0 Å². The highest BCUT2D eigenvalue weighted by Crippen LogP contribution is 2.32. The number of nitrogens with zero attached hydrogens (tertiary/aromatic N) is 1. The van der Waals surface area contributed by atoms with E-state index in [-0.39, 0.29) is 0 Å². The van der Waals surface area contributed by atoms with Crippen molar-refractivity contribution in [2.45, 2.75) is 26.4 Å². The lowest BCUT2D eigenvalue weighted by molar-refractivity contribution is 0.103. The van der Waals surface area contributed by atoms with Gasteiger partial charge in [-0.25, -0.2) is 4.98 Å². The Bertz CT molecular complexity index is 556. The number of pyridine rings is 1. The number of nitrogens with two attached hydrogens (primary N) is 1. The van der Waals surface area contributed by atoms with Gasteiger partial charge in [-0.1, -0.05) is 35.4 Å². The lowest BCUT2D eigenvalue weighted by Gasteiger charge is -2.26. The molecule has 1 atom stereocenters. The molecule has 0 amide bonds. The quantitative estimate of drug-likeness (QED) is 0.850. The standard InChI is InChI=1S/C15H18N2O/c1-10-7-11(2)9-12(8-10)15(3,18)13-5-4-6-17-14(13)16/h4-9,18H,1-3H3,(H2,16,17). The average molecular weight is 242 g/mol. The van der Waals surface area contributed by atoms with E-state index in [4.69, 9.17) is 5.73 Å². The Morgan fingerprint density at radius 2 is 1.78 bits per heavy atom. The van der Waals surface area contributed by atoms with Crippen molar-refractivity contribution in [3.8, 4) is 0 Å². The van der Waals surface area contributed by atoms with Gasteiger partial charge in [-0.3, -0.25) is 0 Å². The van der Waals surface area contributed by atoms with Gasteiger partial charge in [-0.15, -0.1) is 0 Å². The molecule has 2 rings (SSSR count). The minimum Gasteiger partial charge on any atom is -0.383 e. The van der Waals surface area contributed by atoms with Crippen LogP contribution in [-0.2, 0) is 5.60 Å². The predicted molar refractivity (Wildman–Crippen MR) is 73.2 cm³/mol. The first kappa shape index (κ1) is 12.6. The van der Waals surface area contributed by atoms with Crippen molar-refractivity contribution in [1.82, 2.24) is 4.98 Å². The van der Waals surface area contributed by atoms with Gasteiger partial charge in [-0.05, 0) is 32.4 Å². The topological polar surface area (TPSA) is 59.1 Å². The number of anilines is 1. The molecule has 1 aromatic heterocycles. The summed E-state index contributed by atoms with van der Waals surface area (Å²) in [6.07, 6.45) is 1.62. The summed E-state index contributed by atoms with van der Waals surface area (Å²) >= 11 is 0. The summed E-state index contributed by atoms with van der Waals surface area (Å²) in [5.41, 5.74) is 8.42. The van der Waals surface area contributed by atoms with Crippen molar-refractivity contribution in [1.29, 1.82) is 0 Å². The third-order valence-electron chi connectivity index (χ3n) is 3.15. The molecule has 94 valence electrons. The van der Waals surface area contributed by atoms with Gasteiger partial charge in [0.15, 0.2) is 0 Å². The van der Waals surface area contributed by atoms with Crippen LogP contribution in [0.1, 0.15) is 29.2 Å². The number of benzene rings is 1. The Labute approximate surface area is 107 Å². The second-order valence-corrected chi connectivity index (χ2v) is 4.88. The molecule has 1 heterocycles. The van der Waals surface area contributed by atoms with Crippen LogP contribution in [0.2, 0.25) is 0 Å². The van der Waals surface area contributed by atoms with E-state index in [1.165, 1.54) is 0 Å². The van der Waals surface area contributed by atoms with Crippen LogP contribution in [-0.4, -0.2) is 10.1 Å². The number of rotatable bonds is 2. The fourth-order valence-electron chi connectivity index (χ4n) is 2.24. The third kappa shape index (κ3) is 2.22.